The summed E-state index contributed by atoms with van der Waals surface area (Å²) in [6.45, 7) is 10.8. The third-order valence-electron chi connectivity index (χ3n) is 3.97. The van der Waals surface area contributed by atoms with Crippen molar-refractivity contribution in [2.45, 2.75) is 39.4 Å². The third kappa shape index (κ3) is 4.54. The lowest BCUT2D eigenvalue weighted by Gasteiger charge is -2.27. The molecule has 1 saturated heterocycles. The van der Waals surface area contributed by atoms with Gasteiger partial charge in [-0.3, -0.25) is 9.88 Å². The van der Waals surface area contributed by atoms with Crippen LogP contribution in [0.3, 0.4) is 0 Å². The molecule has 1 unspecified atom stereocenters. The fourth-order valence-corrected chi connectivity index (χ4v) is 2.83. The van der Waals surface area contributed by atoms with Crippen LogP contribution in [0.1, 0.15) is 31.7 Å². The average Bonchev–Trinajstić information content (AvgIpc) is 2.59. The summed E-state index contributed by atoms with van der Waals surface area (Å²) >= 11 is 0. The van der Waals surface area contributed by atoms with Crippen molar-refractivity contribution in [2.24, 2.45) is 0 Å². The second kappa shape index (κ2) is 7.72. The lowest BCUT2D eigenvalue weighted by Crippen LogP contribution is -2.37. The van der Waals surface area contributed by atoms with E-state index in [0.29, 0.717) is 6.04 Å². The Hall–Kier alpha value is -0.970. The molecule has 1 aliphatic heterocycles. The fourth-order valence-electron chi connectivity index (χ4n) is 2.83. The molecule has 0 aromatic carbocycles. The van der Waals surface area contributed by atoms with Gasteiger partial charge in [0.15, 0.2) is 0 Å². The number of hydrogen-bond donors (Lipinski definition) is 1. The van der Waals surface area contributed by atoms with Crippen LogP contribution in [0.5, 0.6) is 0 Å². The maximum atomic E-state index is 4.77. The summed E-state index contributed by atoms with van der Waals surface area (Å²) in [6.07, 6.45) is 1.25. The van der Waals surface area contributed by atoms with Gasteiger partial charge in [0.05, 0.1) is 11.4 Å². The standard InChI is InChI=1S/C16H28N4/c1-4-17-11-15-7-5-8-16(18-15)13-20-10-6-9-19(3)12-14(20)2/h5,7-8,14,17H,4,6,9-13H2,1-3H3. The zero-order chi connectivity index (χ0) is 14.4. The highest BCUT2D eigenvalue weighted by molar-refractivity contribution is 5.11. The first kappa shape index (κ1) is 15.4. The smallest absolute Gasteiger partial charge is 0.0547 e. The molecule has 4 nitrogen and oxygen atoms in total. The van der Waals surface area contributed by atoms with Gasteiger partial charge >= 0.3 is 0 Å². The molecule has 0 saturated carbocycles. The zero-order valence-corrected chi connectivity index (χ0v) is 13.1. The maximum absolute atomic E-state index is 4.77. The number of rotatable bonds is 5. The van der Waals surface area contributed by atoms with E-state index in [9.17, 15) is 0 Å². The highest BCUT2D eigenvalue weighted by Gasteiger charge is 2.19. The predicted molar refractivity (Wildman–Crippen MR) is 83.6 cm³/mol. The molecule has 0 amide bonds. The maximum Gasteiger partial charge on any atom is 0.0547 e. The van der Waals surface area contributed by atoms with Crippen LogP contribution in [0.25, 0.3) is 0 Å². The van der Waals surface area contributed by atoms with Crippen LogP contribution in [-0.4, -0.2) is 54.1 Å². The lowest BCUT2D eigenvalue weighted by atomic mass is 10.2. The molecule has 1 N–H and O–H groups in total. The molecule has 1 aliphatic rings. The molecule has 1 fully saturated rings. The van der Waals surface area contributed by atoms with Crippen molar-refractivity contribution in [3.05, 3.63) is 29.6 Å². The van der Waals surface area contributed by atoms with E-state index in [4.69, 9.17) is 4.98 Å². The van der Waals surface area contributed by atoms with Gasteiger partial charge < -0.3 is 10.2 Å². The molecule has 20 heavy (non-hydrogen) atoms. The summed E-state index contributed by atoms with van der Waals surface area (Å²) in [6, 6.07) is 6.98. The average molecular weight is 276 g/mol. The minimum atomic E-state index is 0.599. The van der Waals surface area contributed by atoms with Crippen molar-refractivity contribution in [3.8, 4) is 0 Å². The Balaban J connectivity index is 1.97. The number of nitrogens with zero attached hydrogens (tertiary/aromatic N) is 3. The summed E-state index contributed by atoms with van der Waals surface area (Å²) in [4.78, 5) is 9.76. The van der Waals surface area contributed by atoms with Crippen molar-refractivity contribution in [2.75, 3.05) is 33.2 Å². The number of pyridine rings is 1. The number of aromatic nitrogens is 1. The minimum Gasteiger partial charge on any atom is -0.311 e. The van der Waals surface area contributed by atoms with E-state index in [1.807, 2.05) is 0 Å². The van der Waals surface area contributed by atoms with Crippen LogP contribution in [0.2, 0.25) is 0 Å². The van der Waals surface area contributed by atoms with Gasteiger partial charge in [-0.15, -0.1) is 0 Å². The van der Waals surface area contributed by atoms with Crippen molar-refractivity contribution < 1.29 is 0 Å². The Labute approximate surface area is 123 Å². The largest absolute Gasteiger partial charge is 0.311 e. The molecule has 1 atom stereocenters. The molecule has 1 aromatic rings. The van der Waals surface area contributed by atoms with Crippen molar-refractivity contribution in [1.29, 1.82) is 0 Å². The van der Waals surface area contributed by atoms with Crippen LogP contribution in [0, 0.1) is 0 Å². The monoisotopic (exact) mass is 276 g/mol. The van der Waals surface area contributed by atoms with Gasteiger partial charge in [-0.2, -0.15) is 0 Å². The number of hydrogen-bond acceptors (Lipinski definition) is 4. The van der Waals surface area contributed by atoms with Gasteiger partial charge in [0.25, 0.3) is 0 Å². The van der Waals surface area contributed by atoms with Crippen molar-refractivity contribution in [1.82, 2.24) is 20.1 Å². The molecular formula is C16H28N4. The topological polar surface area (TPSA) is 31.4 Å². The van der Waals surface area contributed by atoms with E-state index >= 15 is 0 Å². The predicted octanol–water partition coefficient (Wildman–Crippen LogP) is 1.72. The van der Waals surface area contributed by atoms with Crippen molar-refractivity contribution in [3.63, 3.8) is 0 Å². The molecule has 2 rings (SSSR count). The normalized spacial score (nSPS) is 21.9. The van der Waals surface area contributed by atoms with E-state index in [-0.39, 0.29) is 0 Å². The van der Waals surface area contributed by atoms with Gasteiger partial charge in [-0.1, -0.05) is 13.0 Å². The number of nitrogens with one attached hydrogen (secondary N) is 1. The van der Waals surface area contributed by atoms with Gasteiger partial charge in [0.1, 0.15) is 0 Å². The van der Waals surface area contributed by atoms with Crippen LogP contribution < -0.4 is 5.32 Å². The molecule has 0 aliphatic carbocycles. The van der Waals surface area contributed by atoms with E-state index < -0.39 is 0 Å². The van der Waals surface area contributed by atoms with Crippen LogP contribution in [0.4, 0.5) is 0 Å². The molecule has 0 radical (unpaired) electrons. The zero-order valence-electron chi connectivity index (χ0n) is 13.1. The van der Waals surface area contributed by atoms with Crippen LogP contribution >= 0.6 is 0 Å². The van der Waals surface area contributed by atoms with Gasteiger partial charge in [-0.25, -0.2) is 0 Å². The molecule has 1 aromatic heterocycles. The lowest BCUT2D eigenvalue weighted by molar-refractivity contribution is 0.192. The first-order valence-electron chi connectivity index (χ1n) is 7.77. The third-order valence-corrected chi connectivity index (χ3v) is 3.97. The quantitative estimate of drug-likeness (QED) is 0.887. The highest BCUT2D eigenvalue weighted by atomic mass is 15.2. The van der Waals surface area contributed by atoms with Gasteiger partial charge in [-0.05, 0) is 45.6 Å². The molecule has 0 bridgehead atoms. The summed E-state index contributed by atoms with van der Waals surface area (Å²) in [5, 5.41) is 3.34. The van der Waals surface area contributed by atoms with E-state index in [1.54, 1.807) is 0 Å². The Bertz CT molecular complexity index is 407. The summed E-state index contributed by atoms with van der Waals surface area (Å²) in [5.41, 5.74) is 2.33. The van der Waals surface area contributed by atoms with Crippen molar-refractivity contribution >= 4 is 0 Å². The Morgan fingerprint density at radius 1 is 1.30 bits per heavy atom. The van der Waals surface area contributed by atoms with Crippen LogP contribution in [0.15, 0.2) is 18.2 Å². The Morgan fingerprint density at radius 3 is 2.90 bits per heavy atom. The minimum absolute atomic E-state index is 0.599. The Kier molecular flexibility index (Phi) is 5.95. The second-order valence-electron chi connectivity index (χ2n) is 5.84. The molecule has 112 valence electrons. The Morgan fingerprint density at radius 2 is 2.10 bits per heavy atom. The molecule has 4 heteroatoms. The van der Waals surface area contributed by atoms with Crippen LogP contribution in [-0.2, 0) is 13.1 Å². The van der Waals surface area contributed by atoms with E-state index in [1.165, 1.54) is 25.2 Å². The molecule has 2 heterocycles. The molecular weight excluding hydrogens is 248 g/mol. The number of likely N-dealkylation sites (N-methyl/N-ethyl adjacent to an activating group) is 1. The first-order valence-corrected chi connectivity index (χ1v) is 7.77. The SMILES string of the molecule is CCNCc1cccc(CN2CCCN(C)CC2C)n1. The van der Waals surface area contributed by atoms with E-state index in [0.717, 1.165) is 31.9 Å². The summed E-state index contributed by atoms with van der Waals surface area (Å²) in [5.74, 6) is 0. The van der Waals surface area contributed by atoms with Gasteiger partial charge in [0, 0.05) is 32.2 Å². The van der Waals surface area contributed by atoms with Gasteiger partial charge in [0.2, 0.25) is 0 Å². The van der Waals surface area contributed by atoms with E-state index in [2.05, 4.69) is 54.2 Å². The molecule has 0 spiro atoms. The fraction of sp³-hybridized carbons (Fsp3) is 0.688. The highest BCUT2D eigenvalue weighted by Crippen LogP contribution is 2.12. The summed E-state index contributed by atoms with van der Waals surface area (Å²) < 4.78 is 0. The second-order valence-corrected chi connectivity index (χ2v) is 5.84. The summed E-state index contributed by atoms with van der Waals surface area (Å²) in [7, 11) is 2.22. The first-order chi connectivity index (χ1) is 9.69.